The molecule has 1 aromatic heterocycles. The van der Waals surface area contributed by atoms with Crippen LogP contribution < -0.4 is 15.0 Å². The predicted molar refractivity (Wildman–Crippen MR) is 87.9 cm³/mol. The molecule has 1 N–H and O–H groups in total. The number of anilines is 2. The fourth-order valence-corrected chi connectivity index (χ4v) is 2.70. The van der Waals surface area contributed by atoms with Crippen LogP contribution in [-0.4, -0.2) is 30.1 Å². The summed E-state index contributed by atoms with van der Waals surface area (Å²) in [4.78, 5) is 26.4. The van der Waals surface area contributed by atoms with Crippen molar-refractivity contribution in [3.8, 4) is 5.75 Å². The van der Waals surface area contributed by atoms with E-state index in [2.05, 4.69) is 10.5 Å². The number of benzene rings is 1. The molecular formula is C17H19N3O4. The summed E-state index contributed by atoms with van der Waals surface area (Å²) in [7, 11) is 0. The van der Waals surface area contributed by atoms with Gasteiger partial charge in [0.05, 0.1) is 18.2 Å². The van der Waals surface area contributed by atoms with Gasteiger partial charge in [0, 0.05) is 18.5 Å². The second-order valence-electron chi connectivity index (χ2n) is 5.64. The first-order valence-corrected chi connectivity index (χ1v) is 7.84. The maximum absolute atomic E-state index is 12.4. The monoisotopic (exact) mass is 329 g/mol. The molecule has 0 saturated carbocycles. The third kappa shape index (κ3) is 3.10. The first-order valence-electron chi connectivity index (χ1n) is 7.84. The predicted octanol–water partition coefficient (Wildman–Crippen LogP) is 2.37. The number of para-hydroxylation sites is 2. The Labute approximate surface area is 139 Å². The van der Waals surface area contributed by atoms with Gasteiger partial charge in [-0.2, -0.15) is 0 Å². The van der Waals surface area contributed by atoms with E-state index in [-0.39, 0.29) is 18.2 Å². The minimum Gasteiger partial charge on any atom is -0.492 e. The number of rotatable bonds is 5. The highest BCUT2D eigenvalue weighted by Crippen LogP contribution is 2.33. The Kier molecular flexibility index (Phi) is 4.50. The molecule has 3 rings (SSSR count). The summed E-state index contributed by atoms with van der Waals surface area (Å²) >= 11 is 0. The van der Waals surface area contributed by atoms with Crippen molar-refractivity contribution in [1.29, 1.82) is 0 Å². The van der Waals surface area contributed by atoms with Crippen molar-refractivity contribution in [3.63, 3.8) is 0 Å². The lowest BCUT2D eigenvalue weighted by Crippen LogP contribution is -2.28. The molecule has 1 aliphatic rings. The smallest absolute Gasteiger partial charge is 0.231 e. The topological polar surface area (TPSA) is 84.7 Å². The second kappa shape index (κ2) is 6.74. The molecule has 1 saturated heterocycles. The lowest BCUT2D eigenvalue weighted by molar-refractivity contribution is -0.122. The van der Waals surface area contributed by atoms with Crippen LogP contribution in [0.15, 0.2) is 35.1 Å². The maximum atomic E-state index is 12.4. The van der Waals surface area contributed by atoms with E-state index in [4.69, 9.17) is 9.26 Å². The largest absolute Gasteiger partial charge is 0.492 e. The Hall–Kier alpha value is -2.83. The number of carbonyl (C=O) groups excluding carboxylic acids is 2. The fraction of sp³-hybridized carbons (Fsp3) is 0.353. The van der Waals surface area contributed by atoms with Gasteiger partial charge >= 0.3 is 0 Å². The quantitative estimate of drug-likeness (QED) is 0.910. The molecule has 7 nitrogen and oxygen atoms in total. The number of hydrogen-bond donors (Lipinski definition) is 1. The summed E-state index contributed by atoms with van der Waals surface area (Å²) in [5.41, 5.74) is 1.43. The van der Waals surface area contributed by atoms with Crippen molar-refractivity contribution in [2.24, 2.45) is 5.92 Å². The highest BCUT2D eigenvalue weighted by atomic mass is 16.5. The average molecular weight is 329 g/mol. The molecule has 126 valence electrons. The highest BCUT2D eigenvalue weighted by Gasteiger charge is 2.36. The van der Waals surface area contributed by atoms with Crippen molar-refractivity contribution in [2.45, 2.75) is 20.3 Å². The van der Waals surface area contributed by atoms with Crippen LogP contribution in [0.1, 0.15) is 18.9 Å². The van der Waals surface area contributed by atoms with E-state index in [9.17, 15) is 9.59 Å². The number of ether oxygens (including phenoxy) is 1. The summed E-state index contributed by atoms with van der Waals surface area (Å²) in [6.45, 7) is 4.50. The molecule has 1 aromatic carbocycles. The van der Waals surface area contributed by atoms with E-state index < -0.39 is 5.92 Å². The SMILES string of the molecule is CCOc1ccccc1N1C[C@@H](C(=O)Nc2nocc2C)CC1=O. The molecule has 7 heteroatoms. The fourth-order valence-electron chi connectivity index (χ4n) is 2.70. The molecular weight excluding hydrogens is 310 g/mol. The van der Waals surface area contributed by atoms with E-state index in [0.717, 1.165) is 5.56 Å². The molecule has 2 aromatic rings. The minimum atomic E-state index is -0.441. The number of aromatic nitrogens is 1. The molecule has 1 atom stereocenters. The van der Waals surface area contributed by atoms with E-state index in [1.807, 2.05) is 31.2 Å². The third-order valence-electron chi connectivity index (χ3n) is 3.94. The minimum absolute atomic E-state index is 0.0980. The van der Waals surface area contributed by atoms with E-state index in [1.54, 1.807) is 11.8 Å². The van der Waals surface area contributed by atoms with Crippen LogP contribution in [0.25, 0.3) is 0 Å². The second-order valence-corrected chi connectivity index (χ2v) is 5.64. The van der Waals surface area contributed by atoms with Gasteiger partial charge in [-0.05, 0) is 26.0 Å². The van der Waals surface area contributed by atoms with Gasteiger partial charge in [0.2, 0.25) is 11.8 Å². The van der Waals surface area contributed by atoms with Crippen molar-refractivity contribution in [1.82, 2.24) is 5.16 Å². The number of aryl methyl sites for hydroxylation is 1. The Bertz CT molecular complexity index is 756. The standard InChI is InChI=1S/C17H19N3O4/c1-3-23-14-7-5-4-6-13(14)20-9-12(8-15(20)21)17(22)18-16-11(2)10-24-19-16/h4-7,10,12H,3,8-9H2,1-2H3,(H,18,19,22)/t12-/m0/s1. The third-order valence-corrected chi connectivity index (χ3v) is 3.94. The van der Waals surface area contributed by atoms with Gasteiger partial charge in [0.1, 0.15) is 12.0 Å². The number of nitrogens with one attached hydrogen (secondary N) is 1. The van der Waals surface area contributed by atoms with Gasteiger partial charge < -0.3 is 19.5 Å². The molecule has 24 heavy (non-hydrogen) atoms. The average Bonchev–Trinajstić information content (AvgIpc) is 3.15. The Balaban J connectivity index is 1.74. The zero-order chi connectivity index (χ0) is 17.1. The van der Waals surface area contributed by atoms with Crippen LogP contribution in [0.4, 0.5) is 11.5 Å². The summed E-state index contributed by atoms with van der Waals surface area (Å²) in [6, 6.07) is 7.34. The Morgan fingerprint density at radius 3 is 2.96 bits per heavy atom. The van der Waals surface area contributed by atoms with E-state index >= 15 is 0 Å². The van der Waals surface area contributed by atoms with Crippen LogP contribution in [-0.2, 0) is 9.59 Å². The van der Waals surface area contributed by atoms with Crippen LogP contribution >= 0.6 is 0 Å². The van der Waals surface area contributed by atoms with Crippen molar-refractivity contribution >= 4 is 23.3 Å². The molecule has 2 amide bonds. The van der Waals surface area contributed by atoms with Crippen LogP contribution in [0.5, 0.6) is 5.75 Å². The Morgan fingerprint density at radius 2 is 2.25 bits per heavy atom. The molecule has 0 aliphatic carbocycles. The summed E-state index contributed by atoms with van der Waals surface area (Å²) in [5, 5.41) is 6.45. The van der Waals surface area contributed by atoms with Gasteiger partial charge in [-0.25, -0.2) is 0 Å². The van der Waals surface area contributed by atoms with E-state index in [0.29, 0.717) is 30.4 Å². The molecule has 1 fully saturated rings. The normalized spacial score (nSPS) is 17.2. The molecule has 0 unspecified atom stereocenters. The van der Waals surface area contributed by atoms with Crippen molar-refractivity contribution in [2.75, 3.05) is 23.4 Å². The Morgan fingerprint density at radius 1 is 1.46 bits per heavy atom. The molecule has 1 aliphatic heterocycles. The first kappa shape index (κ1) is 16.0. The maximum Gasteiger partial charge on any atom is 0.231 e. The highest BCUT2D eigenvalue weighted by molar-refractivity contribution is 6.04. The van der Waals surface area contributed by atoms with Gasteiger partial charge in [0.15, 0.2) is 5.82 Å². The van der Waals surface area contributed by atoms with Crippen LogP contribution in [0, 0.1) is 12.8 Å². The molecule has 0 bridgehead atoms. The summed E-state index contributed by atoms with van der Waals surface area (Å²) < 4.78 is 10.4. The van der Waals surface area contributed by atoms with Crippen molar-refractivity contribution in [3.05, 3.63) is 36.1 Å². The lowest BCUT2D eigenvalue weighted by atomic mass is 10.1. The zero-order valence-corrected chi connectivity index (χ0v) is 13.6. The number of nitrogens with zero attached hydrogens (tertiary/aromatic N) is 2. The van der Waals surface area contributed by atoms with Gasteiger partial charge in [-0.15, -0.1) is 0 Å². The zero-order valence-electron chi connectivity index (χ0n) is 13.6. The molecule has 0 radical (unpaired) electrons. The van der Waals surface area contributed by atoms with E-state index in [1.165, 1.54) is 6.26 Å². The van der Waals surface area contributed by atoms with Gasteiger partial charge in [-0.1, -0.05) is 17.3 Å². The van der Waals surface area contributed by atoms with Crippen LogP contribution in [0.2, 0.25) is 0 Å². The summed E-state index contributed by atoms with van der Waals surface area (Å²) in [5.74, 6) is 0.251. The van der Waals surface area contributed by atoms with Gasteiger partial charge in [0.25, 0.3) is 0 Å². The summed E-state index contributed by atoms with van der Waals surface area (Å²) in [6.07, 6.45) is 1.61. The number of hydrogen-bond acceptors (Lipinski definition) is 5. The van der Waals surface area contributed by atoms with Gasteiger partial charge in [-0.3, -0.25) is 9.59 Å². The molecule has 2 heterocycles. The first-order chi connectivity index (χ1) is 11.6. The number of carbonyl (C=O) groups is 2. The lowest BCUT2D eigenvalue weighted by Gasteiger charge is -2.20. The molecule has 0 spiro atoms. The van der Waals surface area contributed by atoms with Crippen LogP contribution in [0.3, 0.4) is 0 Å². The number of amides is 2. The van der Waals surface area contributed by atoms with Crippen molar-refractivity contribution < 1.29 is 18.8 Å².